The van der Waals surface area contributed by atoms with Gasteiger partial charge in [-0.25, -0.2) is 0 Å². The number of aryl methyl sites for hydroxylation is 1. The van der Waals surface area contributed by atoms with Gasteiger partial charge in [-0.15, -0.1) is 0 Å². The summed E-state index contributed by atoms with van der Waals surface area (Å²) in [4.78, 5) is 0.200. The molecule has 0 saturated carbocycles. The van der Waals surface area contributed by atoms with Gasteiger partial charge >= 0.3 is 0 Å². The van der Waals surface area contributed by atoms with E-state index < -0.39 is 18.1 Å². The van der Waals surface area contributed by atoms with Crippen molar-refractivity contribution in [3.63, 3.8) is 0 Å². The molecule has 0 heterocycles. The maximum atomic E-state index is 12.9. The van der Waals surface area contributed by atoms with Gasteiger partial charge in [0.15, 0.2) is 0 Å². The van der Waals surface area contributed by atoms with E-state index in [4.69, 9.17) is 0 Å². The van der Waals surface area contributed by atoms with Crippen molar-refractivity contribution >= 4 is 23.4 Å². The SMILES string of the molecule is Cc1ccc(S(=O)(=O)/N=C(/C#Cc2ccccc2)[Si](C)(C)C(C)(C)C)cc1. The number of hydrogen-bond acceptors (Lipinski definition) is 2. The molecule has 0 amide bonds. The zero-order chi connectivity index (χ0) is 20.3. The predicted octanol–water partition coefficient (Wildman–Crippen LogP) is 5.22. The Labute approximate surface area is 164 Å². The van der Waals surface area contributed by atoms with Crippen LogP contribution in [-0.4, -0.2) is 21.8 Å². The molecule has 0 aliphatic rings. The van der Waals surface area contributed by atoms with Gasteiger partial charge < -0.3 is 0 Å². The van der Waals surface area contributed by atoms with E-state index in [-0.39, 0.29) is 9.93 Å². The summed E-state index contributed by atoms with van der Waals surface area (Å²) >= 11 is 0. The molecule has 0 radical (unpaired) electrons. The fourth-order valence-corrected chi connectivity index (χ4v) is 5.41. The summed E-state index contributed by atoms with van der Waals surface area (Å²) in [6, 6.07) is 16.3. The minimum atomic E-state index is -3.80. The minimum absolute atomic E-state index is 0.0833. The van der Waals surface area contributed by atoms with Crippen LogP contribution >= 0.6 is 0 Å². The average molecular weight is 398 g/mol. The van der Waals surface area contributed by atoms with Gasteiger partial charge in [0.1, 0.15) is 8.07 Å². The lowest BCUT2D eigenvalue weighted by Crippen LogP contribution is -2.46. The molecule has 0 aliphatic heterocycles. The zero-order valence-corrected chi connectivity index (χ0v) is 18.7. The third-order valence-corrected chi connectivity index (χ3v) is 11.7. The first-order chi connectivity index (χ1) is 12.4. The molecule has 0 N–H and O–H groups in total. The van der Waals surface area contributed by atoms with Gasteiger partial charge in [0, 0.05) is 5.56 Å². The maximum Gasteiger partial charge on any atom is 0.282 e. The molecule has 0 unspecified atom stereocenters. The van der Waals surface area contributed by atoms with Crippen molar-refractivity contribution in [2.24, 2.45) is 4.40 Å². The number of sulfonamides is 1. The monoisotopic (exact) mass is 397 g/mol. The molecule has 0 fully saturated rings. The summed E-state index contributed by atoms with van der Waals surface area (Å²) in [5.74, 6) is 6.20. The Kier molecular flexibility index (Phi) is 6.13. The highest BCUT2D eigenvalue weighted by atomic mass is 32.2. The molecule has 0 saturated heterocycles. The van der Waals surface area contributed by atoms with Crippen LogP contribution in [0.2, 0.25) is 18.1 Å². The molecule has 0 aliphatic carbocycles. The Hall–Kier alpha value is -2.16. The van der Waals surface area contributed by atoms with Gasteiger partial charge in [-0.1, -0.05) is 81.6 Å². The van der Waals surface area contributed by atoms with Crippen molar-refractivity contribution in [1.29, 1.82) is 0 Å². The molecule has 0 spiro atoms. The largest absolute Gasteiger partial charge is 0.282 e. The molecule has 0 atom stereocenters. The van der Waals surface area contributed by atoms with Crippen LogP contribution in [0, 0.1) is 18.8 Å². The van der Waals surface area contributed by atoms with Crippen LogP contribution in [0.5, 0.6) is 0 Å². The summed E-state index contributed by atoms with van der Waals surface area (Å²) in [7, 11) is -6.05. The van der Waals surface area contributed by atoms with Gasteiger partial charge in [0.05, 0.1) is 10.2 Å². The van der Waals surface area contributed by atoms with Gasteiger partial charge in [0.25, 0.3) is 10.0 Å². The first-order valence-electron chi connectivity index (χ1n) is 8.93. The van der Waals surface area contributed by atoms with Crippen LogP contribution in [0.3, 0.4) is 0 Å². The normalized spacial score (nSPS) is 13.0. The Morgan fingerprint density at radius 1 is 0.963 bits per heavy atom. The highest BCUT2D eigenvalue weighted by Gasteiger charge is 2.40. The zero-order valence-electron chi connectivity index (χ0n) is 16.9. The third-order valence-electron chi connectivity index (χ3n) is 5.10. The number of hydrogen-bond donors (Lipinski definition) is 0. The molecule has 2 aromatic rings. The number of rotatable bonds is 3. The molecule has 3 nitrogen and oxygen atoms in total. The van der Waals surface area contributed by atoms with E-state index in [1.165, 1.54) is 0 Å². The van der Waals surface area contributed by atoms with Gasteiger partial charge in [-0.3, -0.25) is 0 Å². The van der Waals surface area contributed by atoms with Crippen LogP contribution in [0.1, 0.15) is 31.9 Å². The molecule has 0 aromatic heterocycles. The molecule has 2 rings (SSSR count). The molecule has 142 valence electrons. The second-order valence-corrected chi connectivity index (χ2v) is 15.0. The summed E-state index contributed by atoms with van der Waals surface area (Å²) in [5.41, 5.74) is 1.85. The smallest absolute Gasteiger partial charge is 0.199 e. The van der Waals surface area contributed by atoms with Crippen molar-refractivity contribution in [3.05, 3.63) is 65.7 Å². The van der Waals surface area contributed by atoms with E-state index in [0.717, 1.165) is 11.1 Å². The molecule has 5 heteroatoms. The quantitative estimate of drug-likeness (QED) is 0.405. The standard InChI is InChI=1S/C22H27NO2SSi/c1-18-12-15-20(16-13-18)26(24,25)23-21(27(5,6)22(2,3)4)17-14-19-10-8-7-9-11-19/h7-13,15-16H,1-6H3/b23-21-. The second-order valence-electron chi connectivity index (χ2n) is 8.22. The van der Waals surface area contributed by atoms with Crippen molar-refractivity contribution in [3.8, 4) is 11.8 Å². The highest BCUT2D eigenvalue weighted by Crippen LogP contribution is 2.37. The Balaban J connectivity index is 2.60. The Bertz CT molecular complexity index is 988. The van der Waals surface area contributed by atoms with Crippen molar-refractivity contribution in [2.45, 2.75) is 50.7 Å². The van der Waals surface area contributed by atoms with E-state index in [1.54, 1.807) is 24.3 Å². The topological polar surface area (TPSA) is 46.5 Å². The molecular formula is C22H27NO2SSi. The molecule has 0 bridgehead atoms. The van der Waals surface area contributed by atoms with Crippen LogP contribution in [0.4, 0.5) is 0 Å². The fourth-order valence-electron chi connectivity index (χ4n) is 2.18. The van der Waals surface area contributed by atoms with Crippen molar-refractivity contribution in [1.82, 2.24) is 0 Å². The van der Waals surface area contributed by atoms with Gasteiger partial charge in [0.2, 0.25) is 0 Å². The fraction of sp³-hybridized carbons (Fsp3) is 0.318. The molecule has 2 aromatic carbocycles. The highest BCUT2D eigenvalue weighted by molar-refractivity contribution is 7.90. The van der Waals surface area contributed by atoms with Crippen LogP contribution in [-0.2, 0) is 10.0 Å². The lowest BCUT2D eigenvalue weighted by Gasteiger charge is -2.35. The summed E-state index contributed by atoms with van der Waals surface area (Å²) in [6.45, 7) is 12.5. The van der Waals surface area contributed by atoms with Gasteiger partial charge in [-0.05, 0) is 36.2 Å². The van der Waals surface area contributed by atoms with E-state index >= 15 is 0 Å². The van der Waals surface area contributed by atoms with Crippen molar-refractivity contribution in [2.75, 3.05) is 0 Å². The summed E-state index contributed by atoms with van der Waals surface area (Å²) < 4.78 is 30.1. The number of nitrogens with zero attached hydrogens (tertiary/aromatic N) is 1. The Morgan fingerprint density at radius 2 is 1.52 bits per heavy atom. The van der Waals surface area contributed by atoms with E-state index in [0.29, 0.717) is 5.33 Å². The van der Waals surface area contributed by atoms with E-state index in [2.05, 4.69) is 50.1 Å². The predicted molar refractivity (Wildman–Crippen MR) is 116 cm³/mol. The third kappa shape index (κ3) is 5.18. The minimum Gasteiger partial charge on any atom is -0.199 e. The lowest BCUT2D eigenvalue weighted by molar-refractivity contribution is 0.598. The second kappa shape index (κ2) is 7.83. The lowest BCUT2D eigenvalue weighted by atomic mass is 10.2. The van der Waals surface area contributed by atoms with Crippen molar-refractivity contribution < 1.29 is 8.42 Å². The summed E-state index contributed by atoms with van der Waals surface area (Å²) in [6.07, 6.45) is 0. The van der Waals surface area contributed by atoms with E-state index in [1.807, 2.05) is 37.3 Å². The average Bonchev–Trinajstić information content (AvgIpc) is 2.58. The first-order valence-corrected chi connectivity index (χ1v) is 13.4. The van der Waals surface area contributed by atoms with Crippen LogP contribution < -0.4 is 0 Å². The van der Waals surface area contributed by atoms with E-state index in [9.17, 15) is 8.42 Å². The summed E-state index contributed by atoms with van der Waals surface area (Å²) in [5, 5.41) is 0.416. The first kappa shape index (κ1) is 21.1. The van der Waals surface area contributed by atoms with Crippen LogP contribution in [0.25, 0.3) is 0 Å². The Morgan fingerprint density at radius 3 is 2.04 bits per heavy atom. The maximum absolute atomic E-state index is 12.9. The van der Waals surface area contributed by atoms with Crippen LogP contribution in [0.15, 0.2) is 63.9 Å². The molecular weight excluding hydrogens is 370 g/mol. The number of benzene rings is 2. The molecule has 27 heavy (non-hydrogen) atoms. The van der Waals surface area contributed by atoms with Gasteiger partial charge in [-0.2, -0.15) is 12.8 Å².